The second-order valence-electron chi connectivity index (χ2n) is 6.45. The highest BCUT2D eigenvalue weighted by Gasteiger charge is 2.53. The Morgan fingerprint density at radius 3 is 2.25 bits per heavy atom. The SMILES string of the molecule is Cc1cc(N)cc(C)c1S(=O)(=O)NCC1(C2CC2)CC1. The summed E-state index contributed by atoms with van der Waals surface area (Å²) in [4.78, 5) is 0.387. The fourth-order valence-corrected chi connectivity index (χ4v) is 4.89. The summed E-state index contributed by atoms with van der Waals surface area (Å²) in [6.07, 6.45) is 4.86. The van der Waals surface area contributed by atoms with E-state index in [1.165, 1.54) is 25.7 Å². The molecule has 0 spiro atoms. The largest absolute Gasteiger partial charge is 0.399 e. The molecule has 1 aromatic rings. The summed E-state index contributed by atoms with van der Waals surface area (Å²) in [5, 5.41) is 0. The van der Waals surface area contributed by atoms with Crippen LogP contribution in [0.3, 0.4) is 0 Å². The monoisotopic (exact) mass is 294 g/mol. The lowest BCUT2D eigenvalue weighted by molar-refractivity contribution is 0.431. The van der Waals surface area contributed by atoms with Crippen molar-refractivity contribution in [3.63, 3.8) is 0 Å². The Kier molecular flexibility index (Phi) is 3.10. The Morgan fingerprint density at radius 1 is 1.25 bits per heavy atom. The van der Waals surface area contributed by atoms with Crippen LogP contribution < -0.4 is 10.5 Å². The van der Waals surface area contributed by atoms with Crippen LogP contribution in [0.1, 0.15) is 36.8 Å². The molecule has 0 aliphatic heterocycles. The predicted octanol–water partition coefficient (Wildman–Crippen LogP) is 2.35. The predicted molar refractivity (Wildman–Crippen MR) is 79.9 cm³/mol. The first-order valence-corrected chi connectivity index (χ1v) is 8.69. The van der Waals surface area contributed by atoms with E-state index >= 15 is 0 Å². The molecule has 0 amide bonds. The molecule has 110 valence electrons. The average Bonchev–Trinajstić information content (AvgIpc) is 3.18. The van der Waals surface area contributed by atoms with Crippen molar-refractivity contribution >= 4 is 15.7 Å². The van der Waals surface area contributed by atoms with Gasteiger partial charge in [0.25, 0.3) is 0 Å². The van der Waals surface area contributed by atoms with E-state index in [1.54, 1.807) is 26.0 Å². The highest BCUT2D eigenvalue weighted by Crippen LogP contribution is 2.60. The molecule has 2 fully saturated rings. The van der Waals surface area contributed by atoms with E-state index in [0.29, 0.717) is 28.3 Å². The van der Waals surface area contributed by atoms with Crippen molar-refractivity contribution in [1.82, 2.24) is 4.72 Å². The zero-order chi connectivity index (χ0) is 14.5. The zero-order valence-electron chi connectivity index (χ0n) is 12.1. The summed E-state index contributed by atoms with van der Waals surface area (Å²) in [5.74, 6) is 0.749. The number of sulfonamides is 1. The minimum absolute atomic E-state index is 0.267. The maximum absolute atomic E-state index is 12.6. The van der Waals surface area contributed by atoms with Crippen molar-refractivity contribution in [3.8, 4) is 0 Å². The van der Waals surface area contributed by atoms with Crippen LogP contribution in [0.2, 0.25) is 0 Å². The maximum Gasteiger partial charge on any atom is 0.241 e. The van der Waals surface area contributed by atoms with Gasteiger partial charge in [-0.2, -0.15) is 0 Å². The Labute approximate surface area is 120 Å². The van der Waals surface area contributed by atoms with Crippen LogP contribution in [-0.4, -0.2) is 15.0 Å². The fourth-order valence-electron chi connectivity index (χ4n) is 3.30. The number of aryl methyl sites for hydroxylation is 2. The molecule has 4 nitrogen and oxygen atoms in total. The molecule has 0 radical (unpaired) electrons. The maximum atomic E-state index is 12.6. The van der Waals surface area contributed by atoms with Crippen molar-refractivity contribution in [3.05, 3.63) is 23.3 Å². The average molecular weight is 294 g/mol. The third kappa shape index (κ3) is 2.44. The van der Waals surface area contributed by atoms with Gasteiger partial charge < -0.3 is 5.73 Å². The van der Waals surface area contributed by atoms with Gasteiger partial charge in [-0.25, -0.2) is 13.1 Å². The molecule has 0 heterocycles. The van der Waals surface area contributed by atoms with Gasteiger partial charge in [-0.3, -0.25) is 0 Å². The lowest BCUT2D eigenvalue weighted by atomic mass is 10.0. The van der Waals surface area contributed by atoms with Gasteiger partial charge in [-0.15, -0.1) is 0 Å². The molecule has 0 bridgehead atoms. The number of nitrogens with one attached hydrogen (secondary N) is 1. The van der Waals surface area contributed by atoms with E-state index in [1.807, 2.05) is 0 Å². The quantitative estimate of drug-likeness (QED) is 0.819. The van der Waals surface area contributed by atoms with Gasteiger partial charge in [-0.1, -0.05) is 0 Å². The summed E-state index contributed by atoms with van der Waals surface area (Å²) in [6, 6.07) is 3.44. The van der Waals surface area contributed by atoms with Crippen molar-refractivity contribution in [1.29, 1.82) is 0 Å². The summed E-state index contributed by atoms with van der Waals surface area (Å²) in [6.45, 7) is 4.18. The zero-order valence-corrected chi connectivity index (χ0v) is 12.9. The van der Waals surface area contributed by atoms with Gasteiger partial charge in [-0.05, 0) is 74.1 Å². The minimum Gasteiger partial charge on any atom is -0.399 e. The van der Waals surface area contributed by atoms with Gasteiger partial charge in [0, 0.05) is 12.2 Å². The molecule has 0 aromatic heterocycles. The van der Waals surface area contributed by atoms with E-state index in [2.05, 4.69) is 4.72 Å². The van der Waals surface area contributed by atoms with Gasteiger partial charge in [0.15, 0.2) is 0 Å². The third-order valence-electron chi connectivity index (χ3n) is 4.70. The van der Waals surface area contributed by atoms with Gasteiger partial charge >= 0.3 is 0 Å². The molecule has 3 rings (SSSR count). The van der Waals surface area contributed by atoms with Crippen molar-refractivity contribution in [2.75, 3.05) is 12.3 Å². The molecule has 0 unspecified atom stereocenters. The molecule has 0 atom stereocenters. The molecular weight excluding hydrogens is 272 g/mol. The molecule has 5 heteroatoms. The van der Waals surface area contributed by atoms with Crippen LogP contribution in [0.25, 0.3) is 0 Å². The van der Waals surface area contributed by atoms with Crippen LogP contribution in [0, 0.1) is 25.2 Å². The summed E-state index contributed by atoms with van der Waals surface area (Å²) in [5.41, 5.74) is 8.06. The first-order valence-electron chi connectivity index (χ1n) is 7.20. The van der Waals surface area contributed by atoms with E-state index in [0.717, 1.165) is 5.92 Å². The van der Waals surface area contributed by atoms with Gasteiger partial charge in [0.1, 0.15) is 0 Å². The first-order chi connectivity index (χ1) is 9.34. The molecular formula is C15H22N2O2S. The van der Waals surface area contributed by atoms with Crippen LogP contribution in [0.4, 0.5) is 5.69 Å². The lowest BCUT2D eigenvalue weighted by Gasteiger charge is -2.17. The van der Waals surface area contributed by atoms with E-state index in [-0.39, 0.29) is 5.41 Å². The Morgan fingerprint density at radius 2 is 1.80 bits per heavy atom. The number of hydrogen-bond acceptors (Lipinski definition) is 3. The van der Waals surface area contributed by atoms with Crippen LogP contribution >= 0.6 is 0 Å². The Bertz CT molecular complexity index is 621. The van der Waals surface area contributed by atoms with Crippen molar-refractivity contribution in [2.45, 2.75) is 44.4 Å². The van der Waals surface area contributed by atoms with Gasteiger partial charge in [0.05, 0.1) is 4.90 Å². The van der Waals surface area contributed by atoms with Crippen LogP contribution in [0.15, 0.2) is 17.0 Å². The molecule has 2 aliphatic rings. The van der Waals surface area contributed by atoms with E-state index in [9.17, 15) is 8.42 Å². The van der Waals surface area contributed by atoms with Gasteiger partial charge in [0.2, 0.25) is 10.0 Å². The summed E-state index contributed by atoms with van der Waals surface area (Å²) in [7, 11) is -3.44. The fraction of sp³-hybridized carbons (Fsp3) is 0.600. The highest BCUT2D eigenvalue weighted by molar-refractivity contribution is 7.89. The molecule has 2 saturated carbocycles. The first kappa shape index (κ1) is 13.9. The highest BCUT2D eigenvalue weighted by atomic mass is 32.2. The number of nitrogens with two attached hydrogens (primary N) is 1. The lowest BCUT2D eigenvalue weighted by Crippen LogP contribution is -2.32. The van der Waals surface area contributed by atoms with Crippen LogP contribution in [0.5, 0.6) is 0 Å². The van der Waals surface area contributed by atoms with E-state index < -0.39 is 10.0 Å². The molecule has 0 saturated heterocycles. The molecule has 1 aromatic carbocycles. The molecule has 20 heavy (non-hydrogen) atoms. The number of benzene rings is 1. The number of anilines is 1. The Balaban J connectivity index is 1.81. The standard InChI is InChI=1S/C15H22N2O2S/c1-10-7-13(16)8-11(2)14(10)20(18,19)17-9-15(5-6-15)12-3-4-12/h7-8,12,17H,3-6,9,16H2,1-2H3. The molecule has 2 aliphatic carbocycles. The third-order valence-corrected chi connectivity index (χ3v) is 6.41. The number of nitrogen functional groups attached to an aromatic ring is 1. The van der Waals surface area contributed by atoms with E-state index in [4.69, 9.17) is 5.73 Å². The Hall–Kier alpha value is -1.07. The second kappa shape index (κ2) is 4.46. The summed E-state index contributed by atoms with van der Waals surface area (Å²) >= 11 is 0. The topological polar surface area (TPSA) is 72.2 Å². The molecule has 3 N–H and O–H groups in total. The van der Waals surface area contributed by atoms with Crippen molar-refractivity contribution in [2.24, 2.45) is 11.3 Å². The van der Waals surface area contributed by atoms with Crippen molar-refractivity contribution < 1.29 is 8.42 Å². The smallest absolute Gasteiger partial charge is 0.241 e. The number of hydrogen-bond donors (Lipinski definition) is 2. The summed E-state index contributed by atoms with van der Waals surface area (Å²) < 4.78 is 27.9. The number of rotatable bonds is 5. The van der Waals surface area contributed by atoms with Crippen LogP contribution in [-0.2, 0) is 10.0 Å². The second-order valence-corrected chi connectivity index (χ2v) is 8.15. The minimum atomic E-state index is -3.44. The normalized spacial score (nSPS) is 20.9.